The molecule has 0 fully saturated rings. The van der Waals surface area contributed by atoms with Crippen molar-refractivity contribution in [3.63, 3.8) is 0 Å². The van der Waals surface area contributed by atoms with Crippen LogP contribution in [0.15, 0.2) is 6.07 Å². The molecule has 0 saturated heterocycles. The molecule has 0 spiro atoms. The SMILES string of the molecule is CC(C)Oc1c(C(C)(C)C)cc2nc(N)sc2c1C(C)(C)C. The molecule has 0 saturated carbocycles. The molecule has 0 bridgehead atoms. The van der Waals surface area contributed by atoms with Gasteiger partial charge in [0.25, 0.3) is 0 Å². The summed E-state index contributed by atoms with van der Waals surface area (Å²) in [5.74, 6) is 1.01. The fraction of sp³-hybridized carbons (Fsp3) is 0.611. The van der Waals surface area contributed by atoms with E-state index in [1.165, 1.54) is 11.1 Å². The number of ether oxygens (including phenoxy) is 1. The van der Waals surface area contributed by atoms with Gasteiger partial charge in [0.1, 0.15) is 5.75 Å². The van der Waals surface area contributed by atoms with Crippen LogP contribution >= 0.6 is 11.3 Å². The summed E-state index contributed by atoms with van der Waals surface area (Å²) in [5.41, 5.74) is 9.32. The molecule has 0 amide bonds. The van der Waals surface area contributed by atoms with Crippen molar-refractivity contribution in [2.24, 2.45) is 0 Å². The van der Waals surface area contributed by atoms with E-state index in [4.69, 9.17) is 10.5 Å². The van der Waals surface area contributed by atoms with E-state index in [0.717, 1.165) is 16.0 Å². The van der Waals surface area contributed by atoms with Crippen LogP contribution in [0.25, 0.3) is 10.2 Å². The highest BCUT2D eigenvalue weighted by Crippen LogP contribution is 2.46. The maximum absolute atomic E-state index is 6.28. The van der Waals surface area contributed by atoms with Gasteiger partial charge in [0, 0.05) is 11.1 Å². The number of hydrogen-bond acceptors (Lipinski definition) is 4. The Morgan fingerprint density at radius 2 is 1.68 bits per heavy atom. The zero-order chi connectivity index (χ0) is 16.9. The summed E-state index contributed by atoms with van der Waals surface area (Å²) in [6.45, 7) is 17.4. The molecule has 1 aromatic carbocycles. The van der Waals surface area contributed by atoms with Crippen molar-refractivity contribution in [3.8, 4) is 5.75 Å². The summed E-state index contributed by atoms with van der Waals surface area (Å²) < 4.78 is 7.43. The Hall–Kier alpha value is -1.29. The number of nitrogen functional groups attached to an aromatic ring is 1. The molecule has 22 heavy (non-hydrogen) atoms. The van der Waals surface area contributed by atoms with Gasteiger partial charge < -0.3 is 10.5 Å². The molecule has 122 valence electrons. The van der Waals surface area contributed by atoms with Gasteiger partial charge >= 0.3 is 0 Å². The Kier molecular flexibility index (Phi) is 4.20. The van der Waals surface area contributed by atoms with Crippen molar-refractivity contribution < 1.29 is 4.74 Å². The first-order chi connectivity index (χ1) is 9.91. The van der Waals surface area contributed by atoms with E-state index in [2.05, 4.69) is 66.4 Å². The summed E-state index contributed by atoms with van der Waals surface area (Å²) in [6, 6.07) is 2.15. The van der Waals surface area contributed by atoms with Crippen molar-refractivity contribution in [1.82, 2.24) is 4.98 Å². The first-order valence-corrected chi connectivity index (χ1v) is 8.63. The standard InChI is InChI=1S/C18H28N2OS/c1-10(2)21-14-11(17(3,4)5)9-12-15(22-16(19)20-12)13(14)18(6,7)8/h9-10H,1-8H3,(H2,19,20). The van der Waals surface area contributed by atoms with Crippen molar-refractivity contribution in [3.05, 3.63) is 17.2 Å². The molecule has 3 nitrogen and oxygen atoms in total. The largest absolute Gasteiger partial charge is 0.490 e. The van der Waals surface area contributed by atoms with Gasteiger partial charge in [-0.15, -0.1) is 0 Å². The van der Waals surface area contributed by atoms with Gasteiger partial charge in [-0.25, -0.2) is 4.98 Å². The quantitative estimate of drug-likeness (QED) is 0.821. The zero-order valence-corrected chi connectivity index (χ0v) is 15.8. The first kappa shape index (κ1) is 17.1. The number of aromatic nitrogens is 1. The summed E-state index contributed by atoms with van der Waals surface area (Å²) >= 11 is 1.55. The molecular formula is C18H28N2OS. The first-order valence-electron chi connectivity index (χ1n) is 7.82. The van der Waals surface area contributed by atoms with Gasteiger partial charge in [-0.3, -0.25) is 0 Å². The third-order valence-corrected chi connectivity index (χ3v) is 4.48. The lowest BCUT2D eigenvalue weighted by molar-refractivity contribution is 0.231. The fourth-order valence-electron chi connectivity index (χ4n) is 2.66. The maximum Gasteiger partial charge on any atom is 0.181 e. The lowest BCUT2D eigenvalue weighted by Gasteiger charge is -2.31. The minimum atomic E-state index is -0.0390. The third kappa shape index (κ3) is 3.22. The topological polar surface area (TPSA) is 48.1 Å². The van der Waals surface area contributed by atoms with Crippen LogP contribution in [0.3, 0.4) is 0 Å². The molecule has 2 aromatic rings. The minimum absolute atomic E-state index is 0.0171. The Balaban J connectivity index is 2.94. The molecule has 0 radical (unpaired) electrons. The fourth-order valence-corrected chi connectivity index (χ4v) is 3.73. The van der Waals surface area contributed by atoms with Crippen molar-refractivity contribution in [1.29, 1.82) is 0 Å². The van der Waals surface area contributed by atoms with Crippen LogP contribution in [0.1, 0.15) is 66.5 Å². The van der Waals surface area contributed by atoms with Crippen molar-refractivity contribution >= 4 is 26.7 Å². The van der Waals surface area contributed by atoms with Gasteiger partial charge in [-0.2, -0.15) is 0 Å². The number of fused-ring (bicyclic) bond motifs is 1. The van der Waals surface area contributed by atoms with Gasteiger partial charge in [0.15, 0.2) is 5.13 Å². The normalized spacial score (nSPS) is 13.1. The van der Waals surface area contributed by atoms with E-state index in [-0.39, 0.29) is 16.9 Å². The van der Waals surface area contributed by atoms with Gasteiger partial charge in [-0.05, 0) is 30.7 Å². The van der Waals surface area contributed by atoms with Crippen molar-refractivity contribution in [2.75, 3.05) is 5.73 Å². The number of hydrogen-bond donors (Lipinski definition) is 1. The van der Waals surface area contributed by atoms with E-state index in [9.17, 15) is 0 Å². The highest BCUT2D eigenvalue weighted by molar-refractivity contribution is 7.22. The van der Waals surface area contributed by atoms with E-state index in [1.807, 2.05) is 0 Å². The molecule has 0 aliphatic rings. The predicted molar refractivity (Wildman–Crippen MR) is 97.2 cm³/mol. The van der Waals surface area contributed by atoms with Crippen molar-refractivity contribution in [2.45, 2.75) is 72.3 Å². The van der Waals surface area contributed by atoms with E-state index in [1.54, 1.807) is 11.3 Å². The van der Waals surface area contributed by atoms with Gasteiger partial charge in [-0.1, -0.05) is 52.9 Å². The molecule has 0 aliphatic carbocycles. The highest BCUT2D eigenvalue weighted by atomic mass is 32.1. The van der Waals surface area contributed by atoms with Crippen LogP contribution in [0, 0.1) is 0 Å². The average molecular weight is 321 g/mol. The maximum atomic E-state index is 6.28. The van der Waals surface area contributed by atoms with Crippen LogP contribution < -0.4 is 10.5 Å². The number of benzene rings is 1. The van der Waals surface area contributed by atoms with Gasteiger partial charge in [0.2, 0.25) is 0 Å². The number of nitrogens with zero attached hydrogens (tertiary/aromatic N) is 1. The molecule has 1 heterocycles. The predicted octanol–water partition coefficient (Wildman–Crippen LogP) is 5.26. The number of nitrogens with two attached hydrogens (primary N) is 1. The van der Waals surface area contributed by atoms with Gasteiger partial charge in [0.05, 0.1) is 16.3 Å². The van der Waals surface area contributed by atoms with Crippen LogP contribution in [-0.2, 0) is 10.8 Å². The van der Waals surface area contributed by atoms with E-state index in [0.29, 0.717) is 5.13 Å². The molecule has 2 rings (SSSR count). The lowest BCUT2D eigenvalue weighted by atomic mass is 9.79. The Labute approximate surface area is 137 Å². The third-order valence-electron chi connectivity index (χ3n) is 3.56. The molecule has 0 unspecified atom stereocenters. The summed E-state index contributed by atoms with van der Waals surface area (Å²) in [5, 5.41) is 0.613. The lowest BCUT2D eigenvalue weighted by Crippen LogP contribution is -2.22. The molecule has 2 N–H and O–H groups in total. The second kappa shape index (κ2) is 5.41. The van der Waals surface area contributed by atoms with Crippen LogP contribution in [0.2, 0.25) is 0 Å². The molecule has 4 heteroatoms. The van der Waals surface area contributed by atoms with E-state index < -0.39 is 0 Å². The van der Waals surface area contributed by atoms with Crippen LogP contribution in [-0.4, -0.2) is 11.1 Å². The summed E-state index contributed by atoms with van der Waals surface area (Å²) in [7, 11) is 0. The zero-order valence-electron chi connectivity index (χ0n) is 15.0. The minimum Gasteiger partial charge on any atom is -0.490 e. The Bertz CT molecular complexity index is 688. The number of rotatable bonds is 2. The molecular weight excluding hydrogens is 292 g/mol. The summed E-state index contributed by atoms with van der Waals surface area (Å²) in [6.07, 6.45) is 0.130. The summed E-state index contributed by atoms with van der Waals surface area (Å²) in [4.78, 5) is 4.52. The van der Waals surface area contributed by atoms with E-state index >= 15 is 0 Å². The average Bonchev–Trinajstić information content (AvgIpc) is 2.63. The molecule has 0 atom stereocenters. The number of anilines is 1. The number of thiazole rings is 1. The van der Waals surface area contributed by atoms with Crippen LogP contribution in [0.5, 0.6) is 5.75 Å². The molecule has 1 aromatic heterocycles. The Morgan fingerprint density at radius 3 is 2.14 bits per heavy atom. The highest BCUT2D eigenvalue weighted by Gasteiger charge is 2.31. The smallest absolute Gasteiger partial charge is 0.181 e. The monoisotopic (exact) mass is 320 g/mol. The Morgan fingerprint density at radius 1 is 1.09 bits per heavy atom. The molecule has 0 aliphatic heterocycles. The second-order valence-corrected chi connectivity index (χ2v) is 9.23. The van der Waals surface area contributed by atoms with Crippen LogP contribution in [0.4, 0.5) is 5.13 Å². The second-order valence-electron chi connectivity index (χ2n) is 8.20.